The normalized spacial score (nSPS) is 17.0. The molecule has 0 aliphatic carbocycles. The average Bonchev–Trinajstić information content (AvgIpc) is 2.92. The van der Waals surface area contributed by atoms with E-state index in [1.807, 2.05) is 38.1 Å². The summed E-state index contributed by atoms with van der Waals surface area (Å²) in [5.41, 5.74) is 3.58. The van der Waals surface area contributed by atoms with Gasteiger partial charge in [0.2, 0.25) is 11.8 Å². The van der Waals surface area contributed by atoms with Gasteiger partial charge in [0.1, 0.15) is 0 Å². The smallest absolute Gasteiger partial charge is 0.229 e. The van der Waals surface area contributed by atoms with Crippen LogP contribution >= 0.6 is 11.6 Å². The van der Waals surface area contributed by atoms with Crippen molar-refractivity contribution in [2.24, 2.45) is 5.92 Å². The van der Waals surface area contributed by atoms with Gasteiger partial charge in [-0.3, -0.25) is 14.6 Å². The zero-order valence-electron chi connectivity index (χ0n) is 14.3. The van der Waals surface area contributed by atoms with Crippen molar-refractivity contribution in [1.29, 1.82) is 0 Å². The highest BCUT2D eigenvalue weighted by molar-refractivity contribution is 6.34. The highest BCUT2D eigenvalue weighted by atomic mass is 35.5. The summed E-state index contributed by atoms with van der Waals surface area (Å²) < 4.78 is 0. The van der Waals surface area contributed by atoms with E-state index in [9.17, 15) is 9.59 Å². The number of likely N-dealkylation sites (tertiary alicyclic amines) is 1. The molecule has 1 N–H and O–H groups in total. The molecule has 130 valence electrons. The fourth-order valence-corrected chi connectivity index (χ4v) is 3.48. The maximum absolute atomic E-state index is 12.6. The van der Waals surface area contributed by atoms with Crippen molar-refractivity contribution in [3.8, 4) is 0 Å². The monoisotopic (exact) mass is 357 g/mol. The molecule has 0 radical (unpaired) electrons. The molecule has 1 aliphatic rings. The van der Waals surface area contributed by atoms with Crippen LogP contribution < -0.4 is 5.32 Å². The standard InChI is InChI=1S/C19H20ClN3O2/c1-12-7-13(2)18(16(20)8-12)22-19(25)15-9-17(24)23(11-15)10-14-3-5-21-6-4-14/h3-8,15H,9-11H2,1-2H3,(H,22,25). The number of anilines is 1. The van der Waals surface area contributed by atoms with Crippen molar-refractivity contribution >= 4 is 29.1 Å². The molecule has 1 aromatic heterocycles. The zero-order chi connectivity index (χ0) is 18.0. The van der Waals surface area contributed by atoms with Crippen molar-refractivity contribution in [2.75, 3.05) is 11.9 Å². The fourth-order valence-electron chi connectivity index (χ4n) is 3.11. The lowest BCUT2D eigenvalue weighted by atomic mass is 10.1. The summed E-state index contributed by atoms with van der Waals surface area (Å²) in [6.45, 7) is 4.77. The number of hydrogen-bond acceptors (Lipinski definition) is 3. The predicted molar refractivity (Wildman–Crippen MR) is 97.3 cm³/mol. The van der Waals surface area contributed by atoms with Gasteiger partial charge >= 0.3 is 0 Å². The number of halogens is 1. The summed E-state index contributed by atoms with van der Waals surface area (Å²) in [5, 5.41) is 3.41. The minimum Gasteiger partial charge on any atom is -0.338 e. The quantitative estimate of drug-likeness (QED) is 0.912. The minimum atomic E-state index is -0.369. The molecule has 6 heteroatoms. The number of carbonyl (C=O) groups is 2. The van der Waals surface area contributed by atoms with Gasteiger partial charge in [0, 0.05) is 31.9 Å². The van der Waals surface area contributed by atoms with Crippen molar-refractivity contribution in [2.45, 2.75) is 26.8 Å². The van der Waals surface area contributed by atoms with E-state index in [1.54, 1.807) is 17.3 Å². The van der Waals surface area contributed by atoms with Crippen molar-refractivity contribution in [1.82, 2.24) is 9.88 Å². The molecule has 0 saturated carbocycles. The van der Waals surface area contributed by atoms with Crippen LogP contribution in [0.5, 0.6) is 0 Å². The van der Waals surface area contributed by atoms with Gasteiger partial charge in [-0.2, -0.15) is 0 Å². The molecule has 3 rings (SSSR count). The Morgan fingerprint density at radius 3 is 2.72 bits per heavy atom. The van der Waals surface area contributed by atoms with E-state index in [2.05, 4.69) is 10.3 Å². The Hall–Kier alpha value is -2.40. The summed E-state index contributed by atoms with van der Waals surface area (Å²) in [4.78, 5) is 30.5. The number of rotatable bonds is 4. The second kappa shape index (κ2) is 7.23. The molecule has 1 aromatic carbocycles. The molecule has 1 saturated heterocycles. The lowest BCUT2D eigenvalue weighted by Crippen LogP contribution is -2.28. The van der Waals surface area contributed by atoms with Gasteiger partial charge in [-0.15, -0.1) is 0 Å². The highest BCUT2D eigenvalue weighted by Gasteiger charge is 2.34. The number of nitrogens with zero attached hydrogens (tertiary/aromatic N) is 2. The van der Waals surface area contributed by atoms with Crippen molar-refractivity contribution in [3.05, 3.63) is 58.4 Å². The molecule has 0 spiro atoms. The van der Waals surface area contributed by atoms with Gasteiger partial charge in [0.25, 0.3) is 0 Å². The maximum atomic E-state index is 12.6. The lowest BCUT2D eigenvalue weighted by Gasteiger charge is -2.17. The van der Waals surface area contributed by atoms with Crippen LogP contribution in [0.4, 0.5) is 5.69 Å². The topological polar surface area (TPSA) is 62.3 Å². The first-order valence-corrected chi connectivity index (χ1v) is 8.56. The number of aromatic nitrogens is 1. The summed E-state index contributed by atoms with van der Waals surface area (Å²) in [6.07, 6.45) is 3.62. The Bertz CT molecular complexity index is 785. The number of amides is 2. The van der Waals surface area contributed by atoms with E-state index < -0.39 is 0 Å². The molecule has 1 aliphatic heterocycles. The number of benzene rings is 1. The van der Waals surface area contributed by atoms with Crippen molar-refractivity contribution in [3.63, 3.8) is 0 Å². The highest BCUT2D eigenvalue weighted by Crippen LogP contribution is 2.29. The summed E-state index contributed by atoms with van der Waals surface area (Å²) >= 11 is 6.25. The first kappa shape index (κ1) is 17.4. The van der Waals surface area contributed by atoms with E-state index in [-0.39, 0.29) is 24.2 Å². The molecule has 1 atom stereocenters. The second-order valence-corrected chi connectivity index (χ2v) is 6.87. The Morgan fingerprint density at radius 2 is 2.04 bits per heavy atom. The molecule has 25 heavy (non-hydrogen) atoms. The summed E-state index contributed by atoms with van der Waals surface area (Å²) in [5.74, 6) is -0.547. The molecule has 2 amide bonds. The third kappa shape index (κ3) is 3.99. The Morgan fingerprint density at radius 1 is 1.32 bits per heavy atom. The van der Waals surface area contributed by atoms with Crippen LogP contribution in [0.25, 0.3) is 0 Å². The van der Waals surface area contributed by atoms with Gasteiger partial charge in [-0.25, -0.2) is 0 Å². The number of carbonyl (C=O) groups excluding carboxylic acids is 2. The SMILES string of the molecule is Cc1cc(C)c(NC(=O)C2CC(=O)N(Cc3ccncc3)C2)c(Cl)c1. The molecular formula is C19H20ClN3O2. The van der Waals surface area contributed by atoms with Crippen LogP contribution in [0.3, 0.4) is 0 Å². The largest absolute Gasteiger partial charge is 0.338 e. The number of nitrogens with one attached hydrogen (secondary N) is 1. The first-order chi connectivity index (χ1) is 11.9. The van der Waals surface area contributed by atoms with Gasteiger partial charge in [-0.05, 0) is 48.7 Å². The van der Waals surface area contributed by atoms with E-state index in [0.717, 1.165) is 16.7 Å². The van der Waals surface area contributed by atoms with Gasteiger partial charge in [0.15, 0.2) is 0 Å². The first-order valence-electron chi connectivity index (χ1n) is 8.18. The van der Waals surface area contributed by atoms with Crippen molar-refractivity contribution < 1.29 is 9.59 Å². The lowest BCUT2D eigenvalue weighted by molar-refractivity contribution is -0.128. The summed E-state index contributed by atoms with van der Waals surface area (Å²) in [7, 11) is 0. The van der Waals surface area contributed by atoms with E-state index in [1.165, 1.54) is 0 Å². The van der Waals surface area contributed by atoms with Gasteiger partial charge in [0.05, 0.1) is 16.6 Å². The molecular weight excluding hydrogens is 338 g/mol. The van der Waals surface area contributed by atoms with E-state index in [4.69, 9.17) is 11.6 Å². The maximum Gasteiger partial charge on any atom is 0.229 e. The van der Waals surface area contributed by atoms with E-state index >= 15 is 0 Å². The third-order valence-electron chi connectivity index (χ3n) is 4.39. The third-order valence-corrected chi connectivity index (χ3v) is 4.69. The molecule has 2 aromatic rings. The number of hydrogen-bond donors (Lipinski definition) is 1. The zero-order valence-corrected chi connectivity index (χ0v) is 15.0. The molecule has 0 bridgehead atoms. The number of aryl methyl sites for hydroxylation is 2. The minimum absolute atomic E-state index is 0.0105. The van der Waals surface area contributed by atoms with Gasteiger partial charge in [-0.1, -0.05) is 17.7 Å². The van der Waals surface area contributed by atoms with Crippen LogP contribution in [0.1, 0.15) is 23.1 Å². The molecule has 1 unspecified atom stereocenters. The molecule has 1 fully saturated rings. The summed E-state index contributed by atoms with van der Waals surface area (Å²) in [6, 6.07) is 7.53. The fraction of sp³-hybridized carbons (Fsp3) is 0.316. The molecule has 2 heterocycles. The Labute approximate surface area is 152 Å². The van der Waals surface area contributed by atoms with E-state index in [0.29, 0.717) is 23.8 Å². The van der Waals surface area contributed by atoms with Crippen LogP contribution in [0.2, 0.25) is 5.02 Å². The predicted octanol–water partition coefficient (Wildman–Crippen LogP) is 3.34. The Balaban J connectivity index is 1.67. The Kier molecular flexibility index (Phi) is 5.04. The molecule has 5 nitrogen and oxygen atoms in total. The number of pyridine rings is 1. The van der Waals surface area contributed by atoms with Crippen LogP contribution in [0, 0.1) is 19.8 Å². The van der Waals surface area contributed by atoms with Crippen LogP contribution in [-0.4, -0.2) is 28.2 Å². The van der Waals surface area contributed by atoms with Crippen LogP contribution in [0.15, 0.2) is 36.7 Å². The van der Waals surface area contributed by atoms with Crippen LogP contribution in [-0.2, 0) is 16.1 Å². The second-order valence-electron chi connectivity index (χ2n) is 6.46. The van der Waals surface area contributed by atoms with Gasteiger partial charge < -0.3 is 10.2 Å². The average molecular weight is 358 g/mol.